The molecule has 96 valence electrons. The van der Waals surface area contributed by atoms with Crippen molar-refractivity contribution in [2.45, 2.75) is 12.3 Å². The maximum absolute atomic E-state index is 12.9. The molecule has 18 heavy (non-hydrogen) atoms. The van der Waals surface area contributed by atoms with Crippen molar-refractivity contribution in [3.63, 3.8) is 0 Å². The summed E-state index contributed by atoms with van der Waals surface area (Å²) in [6.45, 7) is 0. The molecule has 2 rings (SSSR count). The van der Waals surface area contributed by atoms with E-state index in [0.717, 1.165) is 18.2 Å². The van der Waals surface area contributed by atoms with Gasteiger partial charge in [0, 0.05) is 11.6 Å². The predicted octanol–water partition coefficient (Wildman–Crippen LogP) is 2.77. The Hall–Kier alpha value is -2.12. The van der Waals surface area contributed by atoms with E-state index in [1.807, 2.05) is 0 Å². The van der Waals surface area contributed by atoms with Gasteiger partial charge in [-0.05, 0) is 18.2 Å². The van der Waals surface area contributed by atoms with Gasteiger partial charge in [0.1, 0.15) is 11.6 Å². The fraction of sp³-hybridized carbons (Fsp3) is 0.200. The largest absolute Gasteiger partial charge is 0.469 e. The third-order valence-electron chi connectivity index (χ3n) is 2.30. The van der Waals surface area contributed by atoms with Crippen LogP contribution in [-0.2, 0) is 0 Å². The highest BCUT2D eigenvalue weighted by Gasteiger charge is 2.51. The quantitative estimate of drug-likeness (QED) is 0.444. The molecule has 4 nitrogen and oxygen atoms in total. The summed E-state index contributed by atoms with van der Waals surface area (Å²) in [6, 6.07) is 2.78. The molecular weight excluding hydrogens is 258 g/mol. The summed E-state index contributed by atoms with van der Waals surface area (Å²) in [5, 5.41) is 10.6. The Morgan fingerprint density at radius 2 is 2.00 bits per heavy atom. The number of hydrogen-bond acceptors (Lipinski definition) is 3. The van der Waals surface area contributed by atoms with Crippen LogP contribution >= 0.6 is 0 Å². The lowest BCUT2D eigenvalue weighted by Crippen LogP contribution is -2.40. The maximum atomic E-state index is 12.9. The van der Waals surface area contributed by atoms with Crippen LogP contribution in [0.3, 0.4) is 0 Å². The summed E-state index contributed by atoms with van der Waals surface area (Å²) >= 11 is 0. The SMILES string of the molecule is O=[N+]([O-])C1=Cc2cc(F)ccc2OC1C(F)(F)F. The standard InChI is InChI=1S/C10H5F4NO3/c11-6-1-2-8-5(3-6)4-7(15(16)17)9(18-8)10(12,13)14/h1-4,9H. The minimum atomic E-state index is -4.91. The fourth-order valence-electron chi connectivity index (χ4n) is 1.54. The van der Waals surface area contributed by atoms with Crippen LogP contribution < -0.4 is 4.74 Å². The summed E-state index contributed by atoms with van der Waals surface area (Å²) < 4.78 is 55.1. The number of alkyl halides is 3. The first-order valence-electron chi connectivity index (χ1n) is 4.68. The molecule has 8 heteroatoms. The van der Waals surface area contributed by atoms with Gasteiger partial charge in [-0.25, -0.2) is 4.39 Å². The first-order chi connectivity index (χ1) is 8.29. The average molecular weight is 263 g/mol. The molecule has 1 unspecified atom stereocenters. The van der Waals surface area contributed by atoms with E-state index in [4.69, 9.17) is 0 Å². The minimum Gasteiger partial charge on any atom is -0.469 e. The average Bonchev–Trinajstić information content (AvgIpc) is 2.25. The summed E-state index contributed by atoms with van der Waals surface area (Å²) in [6.07, 6.45) is -6.89. The monoisotopic (exact) mass is 263 g/mol. The number of ether oxygens (including phenoxy) is 1. The number of benzene rings is 1. The molecule has 1 aromatic rings. The first-order valence-corrected chi connectivity index (χ1v) is 4.68. The molecule has 1 heterocycles. The first kappa shape index (κ1) is 12.3. The van der Waals surface area contributed by atoms with Gasteiger partial charge in [0.25, 0.3) is 11.8 Å². The van der Waals surface area contributed by atoms with Gasteiger partial charge in [-0.1, -0.05) is 0 Å². The van der Waals surface area contributed by atoms with Crippen LogP contribution in [0.5, 0.6) is 5.75 Å². The van der Waals surface area contributed by atoms with Gasteiger partial charge < -0.3 is 4.74 Å². The lowest BCUT2D eigenvalue weighted by atomic mass is 10.1. The molecule has 1 aromatic carbocycles. The van der Waals surface area contributed by atoms with Crippen LogP contribution in [0.2, 0.25) is 0 Å². The predicted molar refractivity (Wildman–Crippen MR) is 51.8 cm³/mol. The van der Waals surface area contributed by atoms with Crippen LogP contribution in [-0.4, -0.2) is 17.2 Å². The van der Waals surface area contributed by atoms with Crippen LogP contribution in [0.1, 0.15) is 5.56 Å². The Balaban J connectivity index is 2.53. The molecule has 0 radical (unpaired) electrons. The van der Waals surface area contributed by atoms with E-state index >= 15 is 0 Å². The molecule has 0 aromatic heterocycles. The van der Waals surface area contributed by atoms with Gasteiger partial charge in [-0.15, -0.1) is 0 Å². The number of nitro groups is 1. The Morgan fingerprint density at radius 1 is 1.33 bits per heavy atom. The zero-order valence-corrected chi connectivity index (χ0v) is 8.57. The molecule has 1 aliphatic rings. The van der Waals surface area contributed by atoms with Crippen molar-refractivity contribution in [3.8, 4) is 5.75 Å². The lowest BCUT2D eigenvalue weighted by molar-refractivity contribution is -0.443. The van der Waals surface area contributed by atoms with Crippen molar-refractivity contribution in [2.24, 2.45) is 0 Å². The van der Waals surface area contributed by atoms with Crippen LogP contribution in [0.25, 0.3) is 6.08 Å². The molecule has 1 aliphatic heterocycles. The summed E-state index contributed by atoms with van der Waals surface area (Å²) in [4.78, 5) is 9.38. The van der Waals surface area contributed by atoms with Gasteiger partial charge in [0.15, 0.2) is 0 Å². The number of hydrogen-bond donors (Lipinski definition) is 0. The van der Waals surface area contributed by atoms with Crippen LogP contribution in [0, 0.1) is 15.9 Å². The van der Waals surface area contributed by atoms with E-state index in [1.165, 1.54) is 0 Å². The second-order valence-electron chi connectivity index (χ2n) is 3.55. The van der Waals surface area contributed by atoms with Crippen LogP contribution in [0.4, 0.5) is 17.6 Å². The van der Waals surface area contributed by atoms with E-state index in [0.29, 0.717) is 6.08 Å². The number of rotatable bonds is 1. The third kappa shape index (κ3) is 2.13. The zero-order chi connectivity index (χ0) is 13.5. The second kappa shape index (κ2) is 3.97. The van der Waals surface area contributed by atoms with Gasteiger partial charge in [-0.3, -0.25) is 10.1 Å². The Kier molecular flexibility index (Phi) is 2.72. The lowest BCUT2D eigenvalue weighted by Gasteiger charge is -2.23. The van der Waals surface area contributed by atoms with E-state index < -0.39 is 28.7 Å². The molecule has 1 atom stereocenters. The van der Waals surface area contributed by atoms with E-state index in [1.54, 1.807) is 0 Å². The molecule has 0 amide bonds. The highest BCUT2D eigenvalue weighted by atomic mass is 19.4. The van der Waals surface area contributed by atoms with Crippen molar-refractivity contribution < 1.29 is 27.2 Å². The molecule has 0 fully saturated rings. The van der Waals surface area contributed by atoms with Crippen molar-refractivity contribution in [1.29, 1.82) is 0 Å². The number of nitrogens with zero attached hydrogens (tertiary/aromatic N) is 1. The van der Waals surface area contributed by atoms with Crippen molar-refractivity contribution in [2.75, 3.05) is 0 Å². The third-order valence-corrected chi connectivity index (χ3v) is 2.30. The Morgan fingerprint density at radius 3 is 2.56 bits per heavy atom. The number of halogens is 4. The highest BCUT2D eigenvalue weighted by Crippen LogP contribution is 2.37. The highest BCUT2D eigenvalue weighted by molar-refractivity contribution is 5.61. The van der Waals surface area contributed by atoms with Gasteiger partial charge in [0.05, 0.1) is 4.92 Å². The van der Waals surface area contributed by atoms with Crippen molar-refractivity contribution >= 4 is 6.08 Å². The maximum Gasteiger partial charge on any atom is 0.436 e. The van der Waals surface area contributed by atoms with E-state index in [-0.39, 0.29) is 11.3 Å². The minimum absolute atomic E-state index is 0.0952. The second-order valence-corrected chi connectivity index (χ2v) is 3.55. The van der Waals surface area contributed by atoms with Gasteiger partial charge in [0.2, 0.25) is 0 Å². The van der Waals surface area contributed by atoms with Crippen molar-refractivity contribution in [3.05, 3.63) is 45.4 Å². The molecule has 0 spiro atoms. The molecule has 0 saturated carbocycles. The summed E-state index contributed by atoms with van der Waals surface area (Å²) in [5.41, 5.74) is -1.26. The van der Waals surface area contributed by atoms with Gasteiger partial charge >= 0.3 is 6.18 Å². The topological polar surface area (TPSA) is 52.4 Å². The summed E-state index contributed by atoms with van der Waals surface area (Å²) in [7, 11) is 0. The molecule has 0 aliphatic carbocycles. The fourth-order valence-corrected chi connectivity index (χ4v) is 1.54. The van der Waals surface area contributed by atoms with E-state index in [9.17, 15) is 27.7 Å². The number of fused-ring (bicyclic) bond motifs is 1. The van der Waals surface area contributed by atoms with Crippen LogP contribution in [0.15, 0.2) is 23.9 Å². The zero-order valence-electron chi connectivity index (χ0n) is 8.57. The van der Waals surface area contributed by atoms with E-state index in [2.05, 4.69) is 4.74 Å². The normalized spacial score (nSPS) is 18.7. The molecule has 0 bridgehead atoms. The van der Waals surface area contributed by atoms with Gasteiger partial charge in [-0.2, -0.15) is 13.2 Å². The smallest absolute Gasteiger partial charge is 0.436 e. The molecular formula is C10H5F4NO3. The molecule has 0 N–H and O–H groups in total. The summed E-state index contributed by atoms with van der Waals surface area (Å²) in [5.74, 6) is -0.967. The Labute approximate surface area is 97.6 Å². The Bertz CT molecular complexity index is 538. The van der Waals surface area contributed by atoms with Crippen molar-refractivity contribution in [1.82, 2.24) is 0 Å². The molecule has 0 saturated heterocycles.